The molecule has 1 saturated carbocycles. The molecule has 3 rings (SSSR count). The maximum absolute atomic E-state index is 6.02. The summed E-state index contributed by atoms with van der Waals surface area (Å²) in [5.41, 5.74) is 8.70. The van der Waals surface area contributed by atoms with Crippen molar-refractivity contribution in [2.75, 3.05) is 11.9 Å². The van der Waals surface area contributed by atoms with Gasteiger partial charge in [-0.25, -0.2) is 0 Å². The van der Waals surface area contributed by atoms with E-state index >= 15 is 0 Å². The van der Waals surface area contributed by atoms with Crippen LogP contribution in [0.3, 0.4) is 0 Å². The lowest BCUT2D eigenvalue weighted by molar-refractivity contribution is 0.145. The van der Waals surface area contributed by atoms with Crippen molar-refractivity contribution >= 4 is 11.6 Å². The molecular formula is C19H23N3. The van der Waals surface area contributed by atoms with Gasteiger partial charge in [0.15, 0.2) is 5.96 Å². The minimum absolute atomic E-state index is 0.296. The fourth-order valence-corrected chi connectivity index (χ4v) is 3.06. The molecule has 2 aromatic carbocycles. The van der Waals surface area contributed by atoms with Crippen molar-refractivity contribution in [1.82, 2.24) is 0 Å². The van der Waals surface area contributed by atoms with E-state index in [1.807, 2.05) is 30.3 Å². The molecule has 0 aromatic heterocycles. The molecule has 0 saturated heterocycles. The number of hydrogen-bond acceptors (Lipinski definition) is 1. The number of nitrogens with two attached hydrogens (primary N) is 1. The maximum atomic E-state index is 6.02. The first-order valence-corrected chi connectivity index (χ1v) is 7.92. The second kappa shape index (κ2) is 6.65. The molecular weight excluding hydrogens is 270 g/mol. The van der Waals surface area contributed by atoms with E-state index in [0.717, 1.165) is 18.7 Å². The minimum atomic E-state index is 0.296. The molecule has 1 aliphatic rings. The molecule has 2 aromatic rings. The van der Waals surface area contributed by atoms with Crippen molar-refractivity contribution in [2.45, 2.75) is 25.7 Å². The van der Waals surface area contributed by atoms with Crippen LogP contribution in [-0.2, 0) is 6.42 Å². The fraction of sp³-hybridized carbons (Fsp3) is 0.316. The molecule has 3 heteroatoms. The highest BCUT2D eigenvalue weighted by Gasteiger charge is 2.36. The Balaban J connectivity index is 1.61. The van der Waals surface area contributed by atoms with Gasteiger partial charge in [0.1, 0.15) is 0 Å². The average molecular weight is 293 g/mol. The van der Waals surface area contributed by atoms with Crippen LogP contribution in [0.5, 0.6) is 0 Å². The quantitative estimate of drug-likeness (QED) is 0.650. The lowest BCUT2D eigenvalue weighted by Gasteiger charge is -2.41. The third-order valence-electron chi connectivity index (χ3n) is 4.47. The van der Waals surface area contributed by atoms with Gasteiger partial charge in [-0.2, -0.15) is 0 Å². The number of nitrogens with zero attached hydrogens (tertiary/aromatic N) is 1. The summed E-state index contributed by atoms with van der Waals surface area (Å²) in [7, 11) is 0. The highest BCUT2D eigenvalue weighted by molar-refractivity contribution is 5.92. The van der Waals surface area contributed by atoms with E-state index in [2.05, 4.69) is 40.6 Å². The number of benzene rings is 2. The Morgan fingerprint density at radius 2 is 1.64 bits per heavy atom. The van der Waals surface area contributed by atoms with Gasteiger partial charge in [-0.15, -0.1) is 0 Å². The molecule has 0 aliphatic heterocycles. The summed E-state index contributed by atoms with van der Waals surface area (Å²) in [4.78, 5) is 4.59. The van der Waals surface area contributed by atoms with Crippen LogP contribution in [0.1, 0.15) is 24.8 Å². The molecule has 0 heterocycles. The van der Waals surface area contributed by atoms with E-state index in [9.17, 15) is 0 Å². The summed E-state index contributed by atoms with van der Waals surface area (Å²) >= 11 is 0. The van der Waals surface area contributed by atoms with Gasteiger partial charge < -0.3 is 11.1 Å². The molecule has 0 unspecified atom stereocenters. The highest BCUT2D eigenvalue weighted by Crippen LogP contribution is 2.44. The fourth-order valence-electron chi connectivity index (χ4n) is 3.06. The molecule has 0 spiro atoms. The minimum Gasteiger partial charge on any atom is -0.370 e. The zero-order chi connectivity index (χ0) is 15.3. The van der Waals surface area contributed by atoms with Gasteiger partial charge in [-0.05, 0) is 42.4 Å². The van der Waals surface area contributed by atoms with E-state index in [1.54, 1.807) is 0 Å². The van der Waals surface area contributed by atoms with Crippen LogP contribution in [-0.4, -0.2) is 12.5 Å². The average Bonchev–Trinajstić information content (AvgIpc) is 2.52. The lowest BCUT2D eigenvalue weighted by atomic mass is 9.65. The summed E-state index contributed by atoms with van der Waals surface area (Å²) in [6, 6.07) is 20.6. The second-order valence-corrected chi connectivity index (χ2v) is 6.21. The summed E-state index contributed by atoms with van der Waals surface area (Å²) < 4.78 is 0. The number of para-hydroxylation sites is 1. The normalized spacial score (nSPS) is 16.8. The number of aliphatic imine (C=N–C) groups is 1. The Labute approximate surface area is 132 Å². The van der Waals surface area contributed by atoms with Crippen LogP contribution >= 0.6 is 0 Å². The van der Waals surface area contributed by atoms with Crippen LogP contribution in [0.4, 0.5) is 5.69 Å². The van der Waals surface area contributed by atoms with E-state index in [0.29, 0.717) is 11.4 Å². The number of anilines is 1. The number of hydrogen-bond donors (Lipinski definition) is 2. The van der Waals surface area contributed by atoms with Crippen molar-refractivity contribution in [3.63, 3.8) is 0 Å². The SMILES string of the molecule is NC(=NCC1(Cc2ccccc2)CCC1)Nc1ccccc1. The van der Waals surface area contributed by atoms with Crippen molar-refractivity contribution in [1.29, 1.82) is 0 Å². The maximum Gasteiger partial charge on any atom is 0.193 e. The van der Waals surface area contributed by atoms with Crippen LogP contribution in [0.15, 0.2) is 65.7 Å². The number of guanidine groups is 1. The predicted octanol–water partition coefficient (Wildman–Crippen LogP) is 3.83. The molecule has 3 nitrogen and oxygen atoms in total. The molecule has 3 N–H and O–H groups in total. The molecule has 0 atom stereocenters. The first kappa shape index (κ1) is 14.6. The molecule has 1 fully saturated rings. The number of rotatable bonds is 5. The first-order valence-electron chi connectivity index (χ1n) is 7.92. The van der Waals surface area contributed by atoms with Gasteiger partial charge in [-0.3, -0.25) is 4.99 Å². The van der Waals surface area contributed by atoms with Gasteiger partial charge in [0.05, 0.1) is 0 Å². The third kappa shape index (κ3) is 3.67. The Morgan fingerprint density at radius 3 is 2.23 bits per heavy atom. The molecule has 0 radical (unpaired) electrons. The zero-order valence-electron chi connectivity index (χ0n) is 12.8. The van der Waals surface area contributed by atoms with Crippen molar-refractivity contribution in [3.05, 3.63) is 66.2 Å². The molecule has 1 aliphatic carbocycles. The zero-order valence-corrected chi connectivity index (χ0v) is 12.8. The van der Waals surface area contributed by atoms with Crippen LogP contribution in [0, 0.1) is 5.41 Å². The predicted molar refractivity (Wildman–Crippen MR) is 93.0 cm³/mol. The standard InChI is InChI=1S/C19H23N3/c20-18(22-17-10-5-2-6-11-17)21-15-19(12-7-13-19)14-16-8-3-1-4-9-16/h1-6,8-11H,7,12-15H2,(H3,20,21,22). The highest BCUT2D eigenvalue weighted by atomic mass is 15.1. The van der Waals surface area contributed by atoms with Crippen molar-refractivity contribution < 1.29 is 0 Å². The Kier molecular flexibility index (Phi) is 4.42. The second-order valence-electron chi connectivity index (χ2n) is 6.21. The van der Waals surface area contributed by atoms with Gasteiger partial charge in [0.2, 0.25) is 0 Å². The molecule has 0 amide bonds. The smallest absolute Gasteiger partial charge is 0.193 e. The molecule has 114 valence electrons. The van der Waals surface area contributed by atoms with Crippen LogP contribution in [0.25, 0.3) is 0 Å². The van der Waals surface area contributed by atoms with E-state index < -0.39 is 0 Å². The van der Waals surface area contributed by atoms with Crippen molar-refractivity contribution in [2.24, 2.45) is 16.1 Å². The van der Waals surface area contributed by atoms with E-state index in [4.69, 9.17) is 5.73 Å². The third-order valence-corrected chi connectivity index (χ3v) is 4.47. The van der Waals surface area contributed by atoms with Gasteiger partial charge in [0.25, 0.3) is 0 Å². The largest absolute Gasteiger partial charge is 0.370 e. The topological polar surface area (TPSA) is 50.4 Å². The molecule has 22 heavy (non-hydrogen) atoms. The summed E-state index contributed by atoms with van der Waals surface area (Å²) in [5.74, 6) is 0.505. The summed E-state index contributed by atoms with van der Waals surface area (Å²) in [6.07, 6.45) is 4.87. The van der Waals surface area contributed by atoms with Crippen molar-refractivity contribution in [3.8, 4) is 0 Å². The summed E-state index contributed by atoms with van der Waals surface area (Å²) in [5, 5.41) is 3.15. The Bertz CT molecular complexity index is 616. The Hall–Kier alpha value is -2.29. The lowest BCUT2D eigenvalue weighted by Crippen LogP contribution is -2.36. The van der Waals surface area contributed by atoms with Gasteiger partial charge in [0, 0.05) is 12.2 Å². The Morgan fingerprint density at radius 1 is 1.00 bits per heavy atom. The first-order chi connectivity index (χ1) is 10.8. The number of nitrogens with one attached hydrogen (secondary N) is 1. The van der Waals surface area contributed by atoms with Gasteiger partial charge in [-0.1, -0.05) is 55.0 Å². The summed E-state index contributed by atoms with van der Waals surface area (Å²) in [6.45, 7) is 0.799. The van der Waals surface area contributed by atoms with E-state index in [1.165, 1.54) is 24.8 Å². The molecule has 0 bridgehead atoms. The monoisotopic (exact) mass is 293 g/mol. The van der Waals surface area contributed by atoms with Crippen LogP contribution in [0.2, 0.25) is 0 Å². The van der Waals surface area contributed by atoms with Gasteiger partial charge >= 0.3 is 0 Å². The van der Waals surface area contributed by atoms with Crippen LogP contribution < -0.4 is 11.1 Å². The van der Waals surface area contributed by atoms with E-state index in [-0.39, 0.29) is 0 Å².